The summed E-state index contributed by atoms with van der Waals surface area (Å²) in [6.45, 7) is 4.30. The predicted molar refractivity (Wildman–Crippen MR) is 86.8 cm³/mol. The van der Waals surface area contributed by atoms with E-state index in [0.29, 0.717) is 12.0 Å². The van der Waals surface area contributed by atoms with E-state index >= 15 is 0 Å². The lowest BCUT2D eigenvalue weighted by Gasteiger charge is -2.37. The summed E-state index contributed by atoms with van der Waals surface area (Å²) >= 11 is 6.27. The van der Waals surface area contributed by atoms with Crippen molar-refractivity contribution in [2.75, 3.05) is 5.32 Å². The fourth-order valence-electron chi connectivity index (χ4n) is 2.91. The van der Waals surface area contributed by atoms with Gasteiger partial charge in [0.2, 0.25) is 0 Å². The van der Waals surface area contributed by atoms with Crippen LogP contribution in [0.4, 0.5) is 5.69 Å². The summed E-state index contributed by atoms with van der Waals surface area (Å²) in [5.74, 6) is 0.603. The van der Waals surface area contributed by atoms with Crippen molar-refractivity contribution in [2.24, 2.45) is 0 Å². The Balaban J connectivity index is 1.64. The molecule has 1 saturated carbocycles. The number of aryl methyl sites for hydroxylation is 2. The Labute approximate surface area is 126 Å². The standard InChI is InChI=1S/C18H20ClN/c1-12-7-8-13(2)18(9-12)20-15-10-14(11-15)16-5-3-4-6-17(16)19/h3-9,14-15,20H,10-11H2,1-2H3. The number of anilines is 1. The predicted octanol–water partition coefficient (Wildman–Crippen LogP) is 5.31. The van der Waals surface area contributed by atoms with Gasteiger partial charge in [-0.05, 0) is 61.4 Å². The molecule has 0 radical (unpaired) electrons. The van der Waals surface area contributed by atoms with Crippen molar-refractivity contribution >= 4 is 17.3 Å². The maximum Gasteiger partial charge on any atom is 0.0440 e. The van der Waals surface area contributed by atoms with Gasteiger partial charge in [-0.2, -0.15) is 0 Å². The molecule has 104 valence electrons. The van der Waals surface area contributed by atoms with E-state index in [-0.39, 0.29) is 0 Å². The zero-order chi connectivity index (χ0) is 14.1. The molecular weight excluding hydrogens is 266 g/mol. The monoisotopic (exact) mass is 285 g/mol. The summed E-state index contributed by atoms with van der Waals surface area (Å²) in [7, 11) is 0. The van der Waals surface area contributed by atoms with Gasteiger partial charge in [-0.15, -0.1) is 0 Å². The van der Waals surface area contributed by atoms with Crippen LogP contribution in [0.25, 0.3) is 0 Å². The second kappa shape index (κ2) is 5.49. The number of hydrogen-bond donors (Lipinski definition) is 1. The van der Waals surface area contributed by atoms with Crippen LogP contribution in [0.2, 0.25) is 5.02 Å². The summed E-state index contributed by atoms with van der Waals surface area (Å²) in [5.41, 5.74) is 5.19. The first kappa shape index (κ1) is 13.5. The van der Waals surface area contributed by atoms with Gasteiger partial charge in [0, 0.05) is 16.8 Å². The highest BCUT2D eigenvalue weighted by molar-refractivity contribution is 6.31. The van der Waals surface area contributed by atoms with Gasteiger partial charge in [-0.25, -0.2) is 0 Å². The first-order valence-corrected chi connectivity index (χ1v) is 7.59. The van der Waals surface area contributed by atoms with Gasteiger partial charge < -0.3 is 5.32 Å². The molecule has 0 unspecified atom stereocenters. The van der Waals surface area contributed by atoms with E-state index in [1.54, 1.807) is 0 Å². The fourth-order valence-corrected chi connectivity index (χ4v) is 3.20. The molecule has 0 amide bonds. The summed E-state index contributed by atoms with van der Waals surface area (Å²) in [4.78, 5) is 0. The largest absolute Gasteiger partial charge is 0.382 e. The summed E-state index contributed by atoms with van der Waals surface area (Å²) in [6.07, 6.45) is 2.33. The van der Waals surface area contributed by atoms with Gasteiger partial charge in [-0.3, -0.25) is 0 Å². The van der Waals surface area contributed by atoms with E-state index < -0.39 is 0 Å². The summed E-state index contributed by atoms with van der Waals surface area (Å²) < 4.78 is 0. The maximum atomic E-state index is 6.27. The molecule has 1 N–H and O–H groups in total. The fraction of sp³-hybridized carbons (Fsp3) is 0.333. The molecule has 0 aliphatic heterocycles. The second-order valence-electron chi connectivity index (χ2n) is 5.85. The minimum atomic E-state index is 0.566. The lowest BCUT2D eigenvalue weighted by Crippen LogP contribution is -2.34. The third kappa shape index (κ3) is 2.69. The van der Waals surface area contributed by atoms with Crippen LogP contribution >= 0.6 is 11.6 Å². The van der Waals surface area contributed by atoms with Crippen LogP contribution in [0.15, 0.2) is 42.5 Å². The number of benzene rings is 2. The number of nitrogens with one attached hydrogen (secondary N) is 1. The van der Waals surface area contributed by atoms with Gasteiger partial charge >= 0.3 is 0 Å². The quantitative estimate of drug-likeness (QED) is 0.805. The van der Waals surface area contributed by atoms with Crippen LogP contribution < -0.4 is 5.32 Å². The van der Waals surface area contributed by atoms with Crippen LogP contribution in [-0.4, -0.2) is 6.04 Å². The van der Waals surface area contributed by atoms with Crippen molar-refractivity contribution in [3.8, 4) is 0 Å². The lowest BCUT2D eigenvalue weighted by atomic mass is 9.75. The Morgan fingerprint density at radius 1 is 1.05 bits per heavy atom. The molecule has 1 fully saturated rings. The summed E-state index contributed by atoms with van der Waals surface area (Å²) in [5, 5.41) is 4.57. The molecule has 0 bridgehead atoms. The minimum Gasteiger partial charge on any atom is -0.382 e. The smallest absolute Gasteiger partial charge is 0.0440 e. The molecule has 1 nitrogen and oxygen atoms in total. The molecule has 1 aliphatic rings. The minimum absolute atomic E-state index is 0.566. The van der Waals surface area contributed by atoms with Crippen molar-refractivity contribution in [3.05, 3.63) is 64.2 Å². The van der Waals surface area contributed by atoms with E-state index in [4.69, 9.17) is 11.6 Å². The van der Waals surface area contributed by atoms with E-state index in [2.05, 4.69) is 49.5 Å². The average Bonchev–Trinajstić information content (AvgIpc) is 2.38. The van der Waals surface area contributed by atoms with E-state index in [9.17, 15) is 0 Å². The third-order valence-electron chi connectivity index (χ3n) is 4.24. The van der Waals surface area contributed by atoms with Crippen LogP contribution in [0, 0.1) is 13.8 Å². The molecular formula is C18H20ClN. The SMILES string of the molecule is Cc1ccc(C)c(NC2CC(c3ccccc3Cl)C2)c1. The highest BCUT2D eigenvalue weighted by Crippen LogP contribution is 2.41. The van der Waals surface area contributed by atoms with Crippen molar-refractivity contribution in [2.45, 2.75) is 38.6 Å². The van der Waals surface area contributed by atoms with Crippen LogP contribution in [0.1, 0.15) is 35.4 Å². The normalized spacial score (nSPS) is 21.4. The molecule has 20 heavy (non-hydrogen) atoms. The van der Waals surface area contributed by atoms with Gasteiger partial charge in [0.15, 0.2) is 0 Å². The Bertz CT molecular complexity index is 615. The topological polar surface area (TPSA) is 12.0 Å². The highest BCUT2D eigenvalue weighted by atomic mass is 35.5. The molecule has 2 heteroatoms. The number of halogens is 1. The Morgan fingerprint density at radius 3 is 2.55 bits per heavy atom. The zero-order valence-electron chi connectivity index (χ0n) is 12.0. The van der Waals surface area contributed by atoms with Crippen molar-refractivity contribution in [3.63, 3.8) is 0 Å². The van der Waals surface area contributed by atoms with E-state index in [0.717, 1.165) is 17.9 Å². The van der Waals surface area contributed by atoms with Gasteiger partial charge in [0.05, 0.1) is 0 Å². The molecule has 0 atom stereocenters. The lowest BCUT2D eigenvalue weighted by molar-refractivity contribution is 0.374. The molecule has 0 saturated heterocycles. The van der Waals surface area contributed by atoms with E-state index in [1.807, 2.05) is 12.1 Å². The maximum absolute atomic E-state index is 6.27. The van der Waals surface area contributed by atoms with Crippen LogP contribution in [0.3, 0.4) is 0 Å². The van der Waals surface area contributed by atoms with E-state index in [1.165, 1.54) is 22.4 Å². The Kier molecular flexibility index (Phi) is 3.71. The molecule has 2 aromatic rings. The van der Waals surface area contributed by atoms with Gasteiger partial charge in [-0.1, -0.05) is 41.9 Å². The molecule has 0 heterocycles. The third-order valence-corrected chi connectivity index (χ3v) is 4.58. The number of hydrogen-bond acceptors (Lipinski definition) is 1. The first-order chi connectivity index (χ1) is 9.63. The Morgan fingerprint density at radius 2 is 1.80 bits per heavy atom. The molecule has 3 rings (SSSR count). The van der Waals surface area contributed by atoms with Gasteiger partial charge in [0.25, 0.3) is 0 Å². The van der Waals surface area contributed by atoms with Gasteiger partial charge in [0.1, 0.15) is 0 Å². The zero-order valence-corrected chi connectivity index (χ0v) is 12.7. The molecule has 2 aromatic carbocycles. The molecule has 1 aliphatic carbocycles. The van der Waals surface area contributed by atoms with Crippen LogP contribution in [0.5, 0.6) is 0 Å². The second-order valence-corrected chi connectivity index (χ2v) is 6.26. The van der Waals surface area contributed by atoms with Crippen molar-refractivity contribution in [1.29, 1.82) is 0 Å². The summed E-state index contributed by atoms with van der Waals surface area (Å²) in [6, 6.07) is 15.4. The van der Waals surface area contributed by atoms with Crippen LogP contribution in [-0.2, 0) is 0 Å². The molecule has 0 spiro atoms. The molecule has 0 aromatic heterocycles. The average molecular weight is 286 g/mol. The Hall–Kier alpha value is -1.47. The highest BCUT2D eigenvalue weighted by Gasteiger charge is 2.31. The van der Waals surface area contributed by atoms with Crippen molar-refractivity contribution < 1.29 is 0 Å². The first-order valence-electron chi connectivity index (χ1n) is 7.21. The van der Waals surface area contributed by atoms with Crippen molar-refractivity contribution in [1.82, 2.24) is 0 Å². The number of rotatable bonds is 3.